The average Bonchev–Trinajstić information content (AvgIpc) is 2.69. The Balaban J connectivity index is 1.70. The van der Waals surface area contributed by atoms with Gasteiger partial charge in [-0.25, -0.2) is 9.18 Å². The van der Waals surface area contributed by atoms with E-state index in [0.29, 0.717) is 28.0 Å². The molecule has 28 heavy (non-hydrogen) atoms. The number of halogens is 3. The number of hydrogen-bond acceptors (Lipinski definition) is 4. The molecule has 0 fully saturated rings. The van der Waals surface area contributed by atoms with Gasteiger partial charge in [0.2, 0.25) is 0 Å². The van der Waals surface area contributed by atoms with Crippen molar-refractivity contribution in [2.75, 3.05) is 5.32 Å². The van der Waals surface area contributed by atoms with E-state index in [9.17, 15) is 18.0 Å². The van der Waals surface area contributed by atoms with Gasteiger partial charge in [0.25, 0.3) is 5.76 Å². The van der Waals surface area contributed by atoms with Crippen LogP contribution in [0.5, 0.6) is 0 Å². The van der Waals surface area contributed by atoms with Crippen molar-refractivity contribution in [1.82, 2.24) is 0 Å². The minimum atomic E-state index is -2.48. The third-order valence-electron chi connectivity index (χ3n) is 3.82. The summed E-state index contributed by atoms with van der Waals surface area (Å²) < 4.78 is 43.7. The standard InChI is InChI=1S/C21H16F3NO2S/c22-18-7-3-1-5-14(18)13-27-20(26)17-6-2-4-8-19(17)25-15-9-11-16(12-10-15)28-21(23)24/h1-12,21,25H,13H2. The maximum Gasteiger partial charge on any atom is 0.340 e. The van der Waals surface area contributed by atoms with Gasteiger partial charge in [-0.3, -0.25) is 0 Å². The number of para-hydroxylation sites is 1. The molecule has 0 heterocycles. The predicted molar refractivity (Wildman–Crippen MR) is 104 cm³/mol. The van der Waals surface area contributed by atoms with Crippen molar-refractivity contribution in [2.45, 2.75) is 17.3 Å². The maximum absolute atomic E-state index is 13.7. The van der Waals surface area contributed by atoms with E-state index in [1.54, 1.807) is 66.7 Å². The molecule has 0 aromatic heterocycles. The van der Waals surface area contributed by atoms with Crippen molar-refractivity contribution >= 4 is 29.1 Å². The van der Waals surface area contributed by atoms with Crippen molar-refractivity contribution in [2.24, 2.45) is 0 Å². The molecule has 0 saturated heterocycles. The number of benzene rings is 3. The largest absolute Gasteiger partial charge is 0.457 e. The van der Waals surface area contributed by atoms with Gasteiger partial charge in [0.05, 0.1) is 11.3 Å². The summed E-state index contributed by atoms with van der Waals surface area (Å²) in [6.45, 7) is -0.181. The molecule has 0 radical (unpaired) electrons. The maximum atomic E-state index is 13.7. The molecule has 0 aliphatic rings. The first-order chi connectivity index (χ1) is 13.5. The van der Waals surface area contributed by atoms with Gasteiger partial charge >= 0.3 is 5.97 Å². The molecule has 0 amide bonds. The Labute approximate surface area is 164 Å². The highest BCUT2D eigenvalue weighted by Gasteiger charge is 2.14. The molecular weight excluding hydrogens is 387 g/mol. The lowest BCUT2D eigenvalue weighted by Gasteiger charge is -2.12. The van der Waals surface area contributed by atoms with Gasteiger partial charge in [0.15, 0.2) is 0 Å². The van der Waals surface area contributed by atoms with Crippen molar-refractivity contribution < 1.29 is 22.7 Å². The quantitative estimate of drug-likeness (QED) is 0.374. The van der Waals surface area contributed by atoms with Crippen LogP contribution in [-0.2, 0) is 11.3 Å². The van der Waals surface area contributed by atoms with E-state index < -0.39 is 17.5 Å². The van der Waals surface area contributed by atoms with Crippen LogP contribution in [-0.4, -0.2) is 11.7 Å². The first kappa shape index (κ1) is 19.8. The van der Waals surface area contributed by atoms with Crippen LogP contribution in [0.3, 0.4) is 0 Å². The summed E-state index contributed by atoms with van der Waals surface area (Å²) in [5.74, 6) is -3.52. The molecule has 7 heteroatoms. The number of nitrogens with one attached hydrogen (secondary N) is 1. The van der Waals surface area contributed by atoms with E-state index in [0.717, 1.165) is 0 Å². The monoisotopic (exact) mass is 403 g/mol. The van der Waals surface area contributed by atoms with Crippen LogP contribution in [0.25, 0.3) is 0 Å². The summed E-state index contributed by atoms with van der Waals surface area (Å²) in [5.41, 5.74) is 1.70. The minimum absolute atomic E-state index is 0.181. The topological polar surface area (TPSA) is 38.3 Å². The van der Waals surface area contributed by atoms with Crippen molar-refractivity contribution in [3.05, 3.63) is 89.7 Å². The van der Waals surface area contributed by atoms with Gasteiger partial charge in [-0.05, 0) is 42.5 Å². The molecule has 0 atom stereocenters. The number of alkyl halides is 2. The summed E-state index contributed by atoms with van der Waals surface area (Å²) >= 11 is 0.461. The predicted octanol–water partition coefficient (Wildman–Crippen LogP) is 6.24. The second kappa shape index (κ2) is 9.32. The van der Waals surface area contributed by atoms with Crippen LogP contribution in [0.15, 0.2) is 77.7 Å². The fourth-order valence-electron chi connectivity index (χ4n) is 2.48. The smallest absolute Gasteiger partial charge is 0.340 e. The minimum Gasteiger partial charge on any atom is -0.457 e. The molecule has 144 valence electrons. The Kier molecular flexibility index (Phi) is 6.60. The first-order valence-electron chi connectivity index (χ1n) is 8.34. The number of carbonyl (C=O) groups excluding carboxylic acids is 1. The number of thioether (sulfide) groups is 1. The number of esters is 1. The van der Waals surface area contributed by atoms with E-state index in [-0.39, 0.29) is 17.7 Å². The van der Waals surface area contributed by atoms with Gasteiger partial charge in [-0.2, -0.15) is 8.78 Å². The van der Waals surface area contributed by atoms with Crippen molar-refractivity contribution in [1.29, 1.82) is 0 Å². The lowest BCUT2D eigenvalue weighted by atomic mass is 10.1. The zero-order chi connectivity index (χ0) is 19.9. The molecule has 0 bridgehead atoms. The second-order valence-electron chi connectivity index (χ2n) is 5.74. The van der Waals surface area contributed by atoms with Gasteiger partial charge < -0.3 is 10.1 Å². The zero-order valence-electron chi connectivity index (χ0n) is 14.6. The van der Waals surface area contributed by atoms with Crippen LogP contribution < -0.4 is 5.32 Å². The Morgan fingerprint density at radius 1 is 0.964 bits per heavy atom. The van der Waals surface area contributed by atoms with E-state index >= 15 is 0 Å². The van der Waals surface area contributed by atoms with Gasteiger partial charge in [-0.1, -0.05) is 42.1 Å². The Hall–Kier alpha value is -2.93. The summed E-state index contributed by atoms with van der Waals surface area (Å²) in [6.07, 6.45) is 0. The lowest BCUT2D eigenvalue weighted by Crippen LogP contribution is -2.09. The van der Waals surface area contributed by atoms with E-state index in [4.69, 9.17) is 4.74 Å². The number of anilines is 2. The molecule has 0 aliphatic heterocycles. The summed E-state index contributed by atoms with van der Waals surface area (Å²) in [4.78, 5) is 12.9. The first-order valence-corrected chi connectivity index (χ1v) is 9.22. The lowest BCUT2D eigenvalue weighted by molar-refractivity contribution is 0.0470. The summed E-state index contributed by atoms with van der Waals surface area (Å²) in [6, 6.07) is 19.2. The third-order valence-corrected chi connectivity index (χ3v) is 4.54. The molecule has 3 nitrogen and oxygen atoms in total. The van der Waals surface area contributed by atoms with E-state index in [1.807, 2.05) is 0 Å². The van der Waals surface area contributed by atoms with Crippen molar-refractivity contribution in [3.63, 3.8) is 0 Å². The van der Waals surface area contributed by atoms with Gasteiger partial charge in [-0.15, -0.1) is 0 Å². The SMILES string of the molecule is O=C(OCc1ccccc1F)c1ccccc1Nc1ccc(SC(F)F)cc1. The van der Waals surface area contributed by atoms with Crippen LogP contribution in [0.2, 0.25) is 0 Å². The van der Waals surface area contributed by atoms with Gasteiger partial charge in [0, 0.05) is 16.1 Å². The molecule has 3 aromatic rings. The molecule has 0 unspecified atom stereocenters. The molecular formula is C21H16F3NO2S. The number of ether oxygens (including phenoxy) is 1. The van der Waals surface area contributed by atoms with E-state index in [1.165, 1.54) is 6.07 Å². The highest BCUT2D eigenvalue weighted by molar-refractivity contribution is 7.99. The number of rotatable bonds is 7. The molecule has 0 saturated carbocycles. The average molecular weight is 403 g/mol. The summed E-state index contributed by atoms with van der Waals surface area (Å²) in [7, 11) is 0. The fourth-order valence-corrected chi connectivity index (χ4v) is 2.98. The molecule has 0 aliphatic carbocycles. The second-order valence-corrected chi connectivity index (χ2v) is 6.80. The van der Waals surface area contributed by atoms with Gasteiger partial charge in [0.1, 0.15) is 12.4 Å². The Morgan fingerprint density at radius 2 is 1.64 bits per heavy atom. The Bertz CT molecular complexity index is 948. The van der Waals surface area contributed by atoms with Crippen LogP contribution in [0.1, 0.15) is 15.9 Å². The number of carbonyl (C=O) groups is 1. The Morgan fingerprint density at radius 3 is 2.36 bits per heavy atom. The molecule has 1 N–H and O–H groups in total. The normalized spacial score (nSPS) is 10.7. The third kappa shape index (κ3) is 5.29. The van der Waals surface area contributed by atoms with Crippen molar-refractivity contribution in [3.8, 4) is 0 Å². The highest BCUT2D eigenvalue weighted by atomic mass is 32.2. The fraction of sp³-hybridized carbons (Fsp3) is 0.0952. The van der Waals surface area contributed by atoms with Crippen LogP contribution in [0, 0.1) is 5.82 Å². The van der Waals surface area contributed by atoms with Crippen LogP contribution >= 0.6 is 11.8 Å². The molecule has 3 aromatic carbocycles. The molecule has 3 rings (SSSR count). The number of hydrogen-bond donors (Lipinski definition) is 1. The summed E-state index contributed by atoms with van der Waals surface area (Å²) in [5, 5.41) is 3.07. The zero-order valence-corrected chi connectivity index (χ0v) is 15.4. The van der Waals surface area contributed by atoms with Crippen LogP contribution in [0.4, 0.5) is 24.5 Å². The highest BCUT2D eigenvalue weighted by Crippen LogP contribution is 2.28. The van der Waals surface area contributed by atoms with E-state index in [2.05, 4.69) is 5.32 Å². The molecule has 0 spiro atoms.